The second-order valence-electron chi connectivity index (χ2n) is 3.46. The fraction of sp³-hybridized carbons (Fsp3) is 0.0769. The Morgan fingerprint density at radius 2 is 2.00 bits per heavy atom. The first-order valence-electron chi connectivity index (χ1n) is 4.90. The monoisotopic (exact) mass is 198 g/mol. The fourth-order valence-corrected chi connectivity index (χ4v) is 1.77. The van der Waals surface area contributed by atoms with Gasteiger partial charge in [0.15, 0.2) is 11.9 Å². The van der Waals surface area contributed by atoms with Gasteiger partial charge in [-0.15, -0.1) is 0 Å². The van der Waals surface area contributed by atoms with Crippen molar-refractivity contribution in [2.24, 2.45) is 0 Å². The van der Waals surface area contributed by atoms with Gasteiger partial charge in [-0.1, -0.05) is 30.3 Å². The van der Waals surface area contributed by atoms with Gasteiger partial charge in [-0.05, 0) is 12.2 Å². The van der Waals surface area contributed by atoms with Gasteiger partial charge in [0.1, 0.15) is 0 Å². The largest absolute Gasteiger partial charge is 0.486 e. The van der Waals surface area contributed by atoms with E-state index in [1.165, 1.54) is 0 Å². The van der Waals surface area contributed by atoms with E-state index in [1.807, 2.05) is 42.5 Å². The van der Waals surface area contributed by atoms with E-state index in [-0.39, 0.29) is 6.10 Å². The Kier molecular flexibility index (Phi) is 1.85. The zero-order valence-electron chi connectivity index (χ0n) is 8.09. The van der Waals surface area contributed by atoms with E-state index >= 15 is 0 Å². The van der Waals surface area contributed by atoms with Crippen LogP contribution in [0.1, 0.15) is 11.9 Å². The highest BCUT2D eigenvalue weighted by atomic mass is 16.5. The first-order chi connectivity index (χ1) is 7.45. The highest BCUT2D eigenvalue weighted by Gasteiger charge is 2.16. The van der Waals surface area contributed by atoms with Gasteiger partial charge in [0, 0.05) is 10.8 Å². The van der Waals surface area contributed by atoms with Gasteiger partial charge in [-0.25, -0.2) is 0 Å². The Bertz CT molecular complexity index is 534. The molecule has 0 spiro atoms. The number of hydrogen-bond donors (Lipinski definition) is 0. The van der Waals surface area contributed by atoms with Gasteiger partial charge in [-0.2, -0.15) is 0 Å². The highest BCUT2D eigenvalue weighted by molar-refractivity contribution is 5.84. The second-order valence-corrected chi connectivity index (χ2v) is 3.46. The molecule has 0 radical (unpaired) electrons. The summed E-state index contributed by atoms with van der Waals surface area (Å²) < 4.78 is 11.0. The van der Waals surface area contributed by atoms with E-state index in [4.69, 9.17) is 9.15 Å². The predicted molar refractivity (Wildman–Crippen MR) is 58.3 cm³/mol. The molecule has 1 aromatic heterocycles. The number of allylic oxidation sites excluding steroid dienone is 2. The molecule has 0 amide bonds. The smallest absolute Gasteiger partial charge is 0.174 e. The predicted octanol–water partition coefficient (Wildman–Crippen LogP) is 3.57. The molecule has 0 saturated carbocycles. The molecule has 2 nitrogen and oxygen atoms in total. The maximum Gasteiger partial charge on any atom is 0.174 e. The van der Waals surface area contributed by atoms with Crippen LogP contribution in [-0.2, 0) is 4.74 Å². The van der Waals surface area contributed by atoms with Crippen molar-refractivity contribution in [3.8, 4) is 0 Å². The van der Waals surface area contributed by atoms with Crippen molar-refractivity contribution in [2.75, 3.05) is 0 Å². The minimum atomic E-state index is -0.102. The fourth-order valence-electron chi connectivity index (χ4n) is 1.77. The molecular formula is C13H10O2. The average molecular weight is 198 g/mol. The van der Waals surface area contributed by atoms with Gasteiger partial charge >= 0.3 is 0 Å². The van der Waals surface area contributed by atoms with Crippen molar-refractivity contribution >= 4 is 10.8 Å². The molecule has 1 aliphatic rings. The van der Waals surface area contributed by atoms with Crippen LogP contribution >= 0.6 is 0 Å². The number of furan rings is 1. The van der Waals surface area contributed by atoms with Crippen LogP contribution in [0.2, 0.25) is 0 Å². The Hall–Kier alpha value is -1.96. The maximum absolute atomic E-state index is 5.54. The summed E-state index contributed by atoms with van der Waals surface area (Å²) in [6.07, 6.45) is 9.15. The van der Waals surface area contributed by atoms with Gasteiger partial charge < -0.3 is 9.15 Å². The SMILES string of the molecule is C1=COC(c2occ3ccccc23)C=C1. The summed E-state index contributed by atoms with van der Waals surface area (Å²) in [6, 6.07) is 8.08. The number of fused-ring (bicyclic) bond motifs is 1. The van der Waals surface area contributed by atoms with Crippen molar-refractivity contribution in [1.29, 1.82) is 0 Å². The van der Waals surface area contributed by atoms with E-state index in [0.717, 1.165) is 16.5 Å². The number of hydrogen-bond acceptors (Lipinski definition) is 2. The summed E-state index contributed by atoms with van der Waals surface area (Å²) in [5.74, 6) is 0.867. The van der Waals surface area contributed by atoms with E-state index in [9.17, 15) is 0 Å². The Labute approximate surface area is 87.5 Å². The average Bonchev–Trinajstić information content (AvgIpc) is 2.74. The van der Waals surface area contributed by atoms with E-state index in [0.29, 0.717) is 0 Å². The maximum atomic E-state index is 5.54. The van der Waals surface area contributed by atoms with Gasteiger partial charge in [0.25, 0.3) is 0 Å². The molecule has 2 aromatic rings. The van der Waals surface area contributed by atoms with Crippen LogP contribution in [0.25, 0.3) is 10.8 Å². The molecule has 0 saturated heterocycles. The number of ether oxygens (including phenoxy) is 1. The summed E-state index contributed by atoms with van der Waals surface area (Å²) in [6.45, 7) is 0. The highest BCUT2D eigenvalue weighted by Crippen LogP contribution is 2.30. The molecule has 0 bridgehead atoms. The Balaban J connectivity index is 2.11. The quantitative estimate of drug-likeness (QED) is 0.698. The molecule has 2 heterocycles. The molecular weight excluding hydrogens is 188 g/mol. The topological polar surface area (TPSA) is 22.4 Å². The molecule has 3 rings (SSSR count). The van der Waals surface area contributed by atoms with Gasteiger partial charge in [-0.3, -0.25) is 0 Å². The van der Waals surface area contributed by atoms with Crippen LogP contribution in [0.5, 0.6) is 0 Å². The van der Waals surface area contributed by atoms with Crippen LogP contribution in [-0.4, -0.2) is 0 Å². The van der Waals surface area contributed by atoms with Crippen LogP contribution in [0.3, 0.4) is 0 Å². The molecule has 1 unspecified atom stereocenters. The summed E-state index contributed by atoms with van der Waals surface area (Å²) in [7, 11) is 0. The molecule has 1 aromatic carbocycles. The van der Waals surface area contributed by atoms with Crippen LogP contribution in [0, 0.1) is 0 Å². The number of rotatable bonds is 1. The molecule has 0 N–H and O–H groups in total. The van der Waals surface area contributed by atoms with Crippen LogP contribution < -0.4 is 0 Å². The molecule has 1 aliphatic heterocycles. The lowest BCUT2D eigenvalue weighted by molar-refractivity contribution is 0.163. The second kappa shape index (κ2) is 3.31. The number of benzene rings is 1. The van der Waals surface area contributed by atoms with Crippen molar-refractivity contribution < 1.29 is 9.15 Å². The Morgan fingerprint density at radius 3 is 2.87 bits per heavy atom. The van der Waals surface area contributed by atoms with Gasteiger partial charge in [0.05, 0.1) is 12.5 Å². The molecule has 0 aliphatic carbocycles. The lowest BCUT2D eigenvalue weighted by Crippen LogP contribution is -1.97. The van der Waals surface area contributed by atoms with E-state index in [1.54, 1.807) is 12.5 Å². The summed E-state index contributed by atoms with van der Waals surface area (Å²) >= 11 is 0. The lowest BCUT2D eigenvalue weighted by Gasteiger charge is -2.12. The van der Waals surface area contributed by atoms with Crippen molar-refractivity contribution in [2.45, 2.75) is 6.10 Å². The zero-order chi connectivity index (χ0) is 10.1. The van der Waals surface area contributed by atoms with Crippen LogP contribution in [0.15, 0.2) is 59.4 Å². The van der Waals surface area contributed by atoms with Crippen LogP contribution in [0.4, 0.5) is 0 Å². The third kappa shape index (κ3) is 1.34. The lowest BCUT2D eigenvalue weighted by atomic mass is 10.1. The standard InChI is InChI=1S/C13H10O2/c1-2-6-11-10(5-1)9-15-13(11)12-7-3-4-8-14-12/h1-9,12H. The van der Waals surface area contributed by atoms with Crippen molar-refractivity contribution in [1.82, 2.24) is 0 Å². The summed E-state index contributed by atoms with van der Waals surface area (Å²) in [5.41, 5.74) is 0. The molecule has 2 heteroatoms. The molecule has 15 heavy (non-hydrogen) atoms. The third-order valence-electron chi connectivity index (χ3n) is 2.50. The van der Waals surface area contributed by atoms with E-state index < -0.39 is 0 Å². The van der Waals surface area contributed by atoms with Crippen molar-refractivity contribution in [3.05, 3.63) is 60.8 Å². The minimum Gasteiger partial charge on any atom is -0.486 e. The molecule has 74 valence electrons. The summed E-state index contributed by atoms with van der Waals surface area (Å²) in [4.78, 5) is 0. The third-order valence-corrected chi connectivity index (χ3v) is 2.50. The normalized spacial score (nSPS) is 19.3. The minimum absolute atomic E-state index is 0.102. The Morgan fingerprint density at radius 1 is 1.07 bits per heavy atom. The van der Waals surface area contributed by atoms with Crippen molar-refractivity contribution in [3.63, 3.8) is 0 Å². The first kappa shape index (κ1) is 8.36. The van der Waals surface area contributed by atoms with Gasteiger partial charge in [0.2, 0.25) is 0 Å². The molecule has 1 atom stereocenters. The summed E-state index contributed by atoms with van der Waals surface area (Å²) in [5, 5.41) is 2.22. The zero-order valence-corrected chi connectivity index (χ0v) is 8.09. The first-order valence-corrected chi connectivity index (χ1v) is 4.90. The van der Waals surface area contributed by atoms with E-state index in [2.05, 4.69) is 0 Å². The molecule has 0 fully saturated rings.